The van der Waals surface area contributed by atoms with Crippen molar-refractivity contribution in [3.63, 3.8) is 0 Å². The molecule has 3 aromatic carbocycles. The molecule has 0 saturated heterocycles. The number of aromatic amines is 1. The lowest BCUT2D eigenvalue weighted by atomic mass is 10.0. The minimum Gasteiger partial charge on any atom is -0.508 e. The molecule has 12 amide bonds. The number of amides is 12. The van der Waals surface area contributed by atoms with Gasteiger partial charge in [-0.2, -0.15) is 50.5 Å². The largest absolute Gasteiger partial charge is 0.508 e. The number of rotatable bonds is 44. The van der Waals surface area contributed by atoms with Gasteiger partial charge in [0.25, 0.3) is 0 Å². The Labute approximate surface area is 624 Å². The zero-order valence-electron chi connectivity index (χ0n) is 57.5. The Balaban J connectivity index is 1.56. The number of aromatic hydroxyl groups is 2. The Morgan fingerprint density at radius 1 is 0.419 bits per heavy atom. The molecule has 39 heteroatoms. The highest BCUT2D eigenvalue weighted by molar-refractivity contribution is 7.80. The van der Waals surface area contributed by atoms with Crippen LogP contribution in [0.1, 0.15) is 70.1 Å². The first-order chi connectivity index (χ1) is 49.6. The van der Waals surface area contributed by atoms with Gasteiger partial charge in [0, 0.05) is 72.2 Å². The molecule has 1 aromatic heterocycles. The van der Waals surface area contributed by atoms with Gasteiger partial charge in [0.2, 0.25) is 70.9 Å². The standard InChI is InChI=1S/C66H90N14O21S4/c1-31(2)53(79-55(89)39(67)27-102)64(98)72-42(18-20-52(87)88)57(91)73-43(21-33-9-13-36(82)14-10-33)58(92)76-47(28-103)63(97)75-45(23-35-24-68-40-8-6-5-7-38(35)40)59(93)71-41(17-19-51(85)86)56(90)69-25-50(84)70-46(26-81)61(95)77-48(29-104)62(96)74-44(22-34-11-15-37(83)16-12-34)60(94)80-54(32(3)4)65(99)78-49(30-105)66(100)101/h5-16,24,31-32,39,41-49,53-54,68,81-83,102-105H,17-23,25-30,67H2,1-4H3,(H,69,90)(H,70,84)(H,71,93)(H,72,98)(H,73,91)(H,74,96)(H,75,97)(H,76,92)(H,77,95)(H,78,99)(H,79,89)(H,80,94)(H,85,86)(H,87,88)(H,100,101)/t39-,41-,42-,43-,44-,45-,46-,47-,48-,49-,53-,54-/m0/s1. The molecule has 1 heterocycles. The summed E-state index contributed by atoms with van der Waals surface area (Å²) in [5, 5.41) is 88.5. The summed E-state index contributed by atoms with van der Waals surface area (Å²) in [7, 11) is 0. The molecule has 4 rings (SSSR count). The van der Waals surface area contributed by atoms with Gasteiger partial charge in [-0.25, -0.2) is 4.79 Å². The number of nitrogens with two attached hydrogens (primary N) is 1. The number of aromatic nitrogens is 1. The number of aliphatic hydroxyl groups excluding tert-OH is 1. The van der Waals surface area contributed by atoms with Gasteiger partial charge < -0.3 is 105 Å². The van der Waals surface area contributed by atoms with Gasteiger partial charge in [-0.3, -0.25) is 67.1 Å². The molecule has 0 aliphatic rings. The van der Waals surface area contributed by atoms with E-state index < -0.39 is 223 Å². The second-order valence-corrected chi connectivity index (χ2v) is 26.3. The lowest BCUT2D eigenvalue weighted by Gasteiger charge is -2.28. The summed E-state index contributed by atoms with van der Waals surface area (Å²) in [6.07, 6.45) is -2.02. The number of hydrogen-bond acceptors (Lipinski definition) is 23. The van der Waals surface area contributed by atoms with Crippen LogP contribution in [0.3, 0.4) is 0 Å². The molecule has 0 spiro atoms. The van der Waals surface area contributed by atoms with Crippen molar-refractivity contribution in [1.82, 2.24) is 68.8 Å². The highest BCUT2D eigenvalue weighted by Crippen LogP contribution is 2.21. The first kappa shape index (κ1) is 87.6. The topological polar surface area (TPSA) is 564 Å². The number of hydrogen-bond donors (Lipinski definition) is 24. The molecule has 0 radical (unpaired) electrons. The van der Waals surface area contributed by atoms with Crippen LogP contribution >= 0.6 is 50.5 Å². The second kappa shape index (κ2) is 43.4. The van der Waals surface area contributed by atoms with Crippen LogP contribution in [0.5, 0.6) is 11.5 Å². The summed E-state index contributed by atoms with van der Waals surface area (Å²) >= 11 is 16.5. The van der Waals surface area contributed by atoms with Gasteiger partial charge in [0.05, 0.1) is 19.2 Å². The van der Waals surface area contributed by atoms with Crippen LogP contribution in [0.4, 0.5) is 0 Å². The van der Waals surface area contributed by atoms with Crippen LogP contribution in [0.2, 0.25) is 0 Å². The average molecular weight is 1540 g/mol. The third-order valence-corrected chi connectivity index (χ3v) is 17.5. The molecular formula is C66H90N14O21S4. The van der Waals surface area contributed by atoms with Gasteiger partial charge in [0.1, 0.15) is 78.0 Å². The maximum Gasteiger partial charge on any atom is 0.327 e. The first-order valence-corrected chi connectivity index (χ1v) is 35.3. The number of phenolic OH excluding ortho intramolecular Hbond substituents is 2. The number of fused-ring (bicyclic) bond motifs is 1. The third-order valence-electron chi connectivity index (χ3n) is 16.0. The predicted molar refractivity (Wildman–Crippen MR) is 391 cm³/mol. The monoisotopic (exact) mass is 1540 g/mol. The Bertz CT molecular complexity index is 3720. The smallest absolute Gasteiger partial charge is 0.327 e. The van der Waals surface area contributed by atoms with Crippen LogP contribution in [0.25, 0.3) is 10.9 Å². The van der Waals surface area contributed by atoms with Crippen molar-refractivity contribution in [2.75, 3.05) is 36.2 Å². The molecule has 0 fully saturated rings. The molecule has 0 unspecified atom stereocenters. The van der Waals surface area contributed by atoms with Gasteiger partial charge in [-0.1, -0.05) is 70.2 Å². The third kappa shape index (κ3) is 28.6. The number of para-hydroxylation sites is 1. The zero-order chi connectivity index (χ0) is 78.4. The van der Waals surface area contributed by atoms with Crippen molar-refractivity contribution in [2.45, 2.75) is 145 Å². The number of aliphatic carboxylic acids is 3. The number of phenols is 2. The fourth-order valence-corrected chi connectivity index (χ4v) is 11.0. The van der Waals surface area contributed by atoms with Gasteiger partial charge in [0.15, 0.2) is 0 Å². The van der Waals surface area contributed by atoms with Crippen molar-refractivity contribution in [1.29, 1.82) is 0 Å². The molecule has 35 nitrogen and oxygen atoms in total. The highest BCUT2D eigenvalue weighted by atomic mass is 32.1. The molecule has 0 bridgehead atoms. The summed E-state index contributed by atoms with van der Waals surface area (Å²) in [5.74, 6) is -19.4. The van der Waals surface area contributed by atoms with E-state index in [9.17, 15) is 103 Å². The minimum absolute atomic E-state index is 0.0845. The van der Waals surface area contributed by atoms with E-state index in [1.54, 1.807) is 52.0 Å². The summed E-state index contributed by atoms with van der Waals surface area (Å²) in [6, 6.07) is -0.906. The highest BCUT2D eigenvalue weighted by Gasteiger charge is 2.38. The van der Waals surface area contributed by atoms with Gasteiger partial charge in [-0.15, -0.1) is 0 Å². The molecule has 12 atom stereocenters. The van der Waals surface area contributed by atoms with E-state index in [1.807, 2.05) is 0 Å². The lowest BCUT2D eigenvalue weighted by Crippen LogP contribution is -2.61. The van der Waals surface area contributed by atoms with Crippen molar-refractivity contribution in [2.24, 2.45) is 17.6 Å². The molecule has 0 aliphatic heterocycles. The zero-order valence-corrected chi connectivity index (χ0v) is 61.0. The van der Waals surface area contributed by atoms with Gasteiger partial charge >= 0.3 is 17.9 Å². The number of carbonyl (C=O) groups is 15. The maximum absolute atomic E-state index is 14.6. The number of thiol groups is 4. The minimum atomic E-state index is -1.85. The summed E-state index contributed by atoms with van der Waals surface area (Å²) < 4.78 is 0. The quantitative estimate of drug-likeness (QED) is 0.0189. The van der Waals surface area contributed by atoms with E-state index >= 15 is 0 Å². The Hall–Kier alpha value is -9.83. The Kier molecular flexibility index (Phi) is 36.2. The summed E-state index contributed by atoms with van der Waals surface area (Å²) in [6.45, 7) is 4.17. The molecule has 21 N–H and O–H groups in total. The van der Waals surface area contributed by atoms with E-state index in [-0.39, 0.29) is 42.3 Å². The number of H-pyrrole nitrogens is 1. The summed E-state index contributed by atoms with van der Waals surface area (Å²) in [4.78, 5) is 205. The van der Waals surface area contributed by atoms with Crippen molar-refractivity contribution in [3.8, 4) is 11.5 Å². The second-order valence-electron chi connectivity index (χ2n) is 24.8. The maximum atomic E-state index is 14.6. The molecule has 0 saturated carbocycles. The predicted octanol–water partition coefficient (Wildman–Crippen LogP) is -3.78. The van der Waals surface area contributed by atoms with Crippen LogP contribution in [0.15, 0.2) is 79.0 Å². The van der Waals surface area contributed by atoms with Crippen molar-refractivity contribution < 1.29 is 103 Å². The molecule has 4 aromatic rings. The Morgan fingerprint density at radius 2 is 0.790 bits per heavy atom. The summed E-state index contributed by atoms with van der Waals surface area (Å²) in [5.41, 5.74) is 7.56. The van der Waals surface area contributed by atoms with Crippen LogP contribution < -0.4 is 69.5 Å². The first-order valence-electron chi connectivity index (χ1n) is 32.8. The van der Waals surface area contributed by atoms with Crippen molar-refractivity contribution >= 4 is 150 Å². The van der Waals surface area contributed by atoms with Crippen LogP contribution in [-0.4, -0.2) is 233 Å². The fraction of sp³-hybridized carbons (Fsp3) is 0.470. The van der Waals surface area contributed by atoms with Crippen LogP contribution in [0, 0.1) is 11.8 Å². The van der Waals surface area contributed by atoms with E-state index in [0.29, 0.717) is 27.6 Å². The number of nitrogens with one attached hydrogen (secondary N) is 13. The van der Waals surface area contributed by atoms with Gasteiger partial charge in [-0.05, 0) is 71.7 Å². The van der Waals surface area contributed by atoms with Crippen LogP contribution in [-0.2, 0) is 91.2 Å². The number of carboxylic acids is 3. The number of benzene rings is 3. The number of carbonyl (C=O) groups excluding carboxylic acids is 12. The van der Waals surface area contributed by atoms with E-state index in [0.717, 1.165) is 0 Å². The SMILES string of the molecule is CC(C)[C@H](NC(=O)[C@H](Cc1ccc(O)cc1)NC(=O)[C@H](CS)NC(=O)[C@H](CO)NC(=O)CNC(=O)[C@H](CCC(=O)O)NC(=O)[C@H](Cc1c[nH]c2ccccc12)NC(=O)[C@H](CS)NC(=O)[C@H](Cc1ccc(O)cc1)NC(=O)[C@H](CCC(=O)O)NC(=O)[C@@H](NC(=O)[C@@H](N)CS)C(C)C)C(=O)N[C@@H](CS)C(=O)O. The Morgan fingerprint density at radius 3 is 1.22 bits per heavy atom. The van der Waals surface area contributed by atoms with E-state index in [4.69, 9.17) is 5.73 Å². The lowest BCUT2D eigenvalue weighted by molar-refractivity contribution is -0.142. The normalized spacial score (nSPS) is 14.6. The number of aliphatic hydroxyl groups is 1. The molecule has 105 heavy (non-hydrogen) atoms. The average Bonchev–Trinajstić information content (AvgIpc) is 1.73. The molecule has 574 valence electrons. The van der Waals surface area contributed by atoms with E-state index in [1.165, 1.54) is 54.7 Å². The molecular weight excluding hydrogens is 1450 g/mol. The number of carboxylic acid groups (broad SMARTS) is 3. The van der Waals surface area contributed by atoms with E-state index in [2.05, 4.69) is 119 Å². The fourth-order valence-electron chi connectivity index (χ4n) is 10.1. The molecule has 0 aliphatic carbocycles. The van der Waals surface area contributed by atoms with Crippen molar-refractivity contribution in [3.05, 3.63) is 95.7 Å².